The van der Waals surface area contributed by atoms with Crippen molar-refractivity contribution in [2.45, 2.75) is 6.92 Å². The van der Waals surface area contributed by atoms with Crippen LogP contribution in [0.3, 0.4) is 0 Å². The van der Waals surface area contributed by atoms with Gasteiger partial charge in [-0.25, -0.2) is 5.43 Å². The van der Waals surface area contributed by atoms with Gasteiger partial charge in [0, 0.05) is 35.7 Å². The molecular weight excluding hydrogens is 288 g/mol. The Bertz CT molecular complexity index is 744. The van der Waals surface area contributed by atoms with Crippen LogP contribution in [0.5, 0.6) is 5.75 Å². The molecule has 0 saturated carbocycles. The Labute approximate surface area is 125 Å². The van der Waals surface area contributed by atoms with E-state index in [0.717, 1.165) is 0 Å². The average Bonchev–Trinajstić information content (AvgIpc) is 2.53. The first-order valence-corrected chi connectivity index (χ1v) is 6.21. The number of phenols is 1. The van der Waals surface area contributed by atoms with Gasteiger partial charge in [-0.3, -0.25) is 19.9 Å². The van der Waals surface area contributed by atoms with Crippen LogP contribution in [0.1, 0.15) is 22.8 Å². The van der Waals surface area contributed by atoms with Gasteiger partial charge in [-0.05, 0) is 25.1 Å². The van der Waals surface area contributed by atoms with Gasteiger partial charge < -0.3 is 5.11 Å². The number of rotatable bonds is 4. The molecule has 0 aliphatic heterocycles. The first-order chi connectivity index (χ1) is 10.5. The lowest BCUT2D eigenvalue weighted by molar-refractivity contribution is -0.384. The Morgan fingerprint density at radius 1 is 1.32 bits per heavy atom. The van der Waals surface area contributed by atoms with Crippen molar-refractivity contribution < 1.29 is 14.8 Å². The molecule has 1 aromatic carbocycles. The topological polar surface area (TPSA) is 118 Å². The number of aromatic nitrogens is 1. The smallest absolute Gasteiger partial charge is 0.271 e. The lowest BCUT2D eigenvalue weighted by Gasteiger charge is -2.05. The highest BCUT2D eigenvalue weighted by Gasteiger charge is 2.13. The zero-order valence-electron chi connectivity index (χ0n) is 11.6. The van der Waals surface area contributed by atoms with Gasteiger partial charge in [0.05, 0.1) is 10.6 Å². The van der Waals surface area contributed by atoms with Crippen LogP contribution in [0, 0.1) is 10.1 Å². The summed E-state index contributed by atoms with van der Waals surface area (Å²) in [6.45, 7) is 1.52. The molecule has 2 N–H and O–H groups in total. The quantitative estimate of drug-likeness (QED) is 0.507. The Hall–Kier alpha value is -3.29. The van der Waals surface area contributed by atoms with E-state index < -0.39 is 10.8 Å². The van der Waals surface area contributed by atoms with Crippen molar-refractivity contribution in [2.75, 3.05) is 0 Å². The van der Waals surface area contributed by atoms with E-state index in [2.05, 4.69) is 15.5 Å². The molecule has 8 nitrogen and oxygen atoms in total. The molecular formula is C14H12N4O4. The van der Waals surface area contributed by atoms with Gasteiger partial charge in [-0.1, -0.05) is 0 Å². The molecule has 112 valence electrons. The zero-order valence-corrected chi connectivity index (χ0v) is 11.6. The SMILES string of the molecule is CC(=NNC(=O)c1ccncc1)c1cc([N+](=O)[O-])ccc1O. The van der Waals surface area contributed by atoms with E-state index in [1.165, 1.54) is 49.6 Å². The summed E-state index contributed by atoms with van der Waals surface area (Å²) < 4.78 is 0. The molecule has 0 radical (unpaired) electrons. The number of hydrogen-bond donors (Lipinski definition) is 2. The summed E-state index contributed by atoms with van der Waals surface area (Å²) >= 11 is 0. The number of carbonyl (C=O) groups is 1. The highest BCUT2D eigenvalue weighted by atomic mass is 16.6. The first-order valence-electron chi connectivity index (χ1n) is 6.21. The molecule has 0 unspecified atom stereocenters. The number of nitrogens with zero attached hydrogens (tertiary/aromatic N) is 3. The molecule has 1 amide bonds. The summed E-state index contributed by atoms with van der Waals surface area (Å²) in [7, 11) is 0. The maximum atomic E-state index is 11.8. The number of carbonyl (C=O) groups excluding carboxylic acids is 1. The Balaban J connectivity index is 2.21. The molecule has 1 heterocycles. The second-order valence-electron chi connectivity index (χ2n) is 4.33. The van der Waals surface area contributed by atoms with Crippen LogP contribution in [0.25, 0.3) is 0 Å². The van der Waals surface area contributed by atoms with Gasteiger partial charge in [0.25, 0.3) is 11.6 Å². The number of phenolic OH excluding ortho intramolecular Hbond substituents is 1. The summed E-state index contributed by atoms with van der Waals surface area (Å²) in [4.78, 5) is 25.8. The third-order valence-corrected chi connectivity index (χ3v) is 2.85. The van der Waals surface area contributed by atoms with Crippen LogP contribution in [0.4, 0.5) is 5.69 Å². The Kier molecular flexibility index (Phi) is 4.42. The third kappa shape index (κ3) is 3.42. The van der Waals surface area contributed by atoms with Crippen molar-refractivity contribution in [3.05, 3.63) is 64.0 Å². The number of amides is 1. The molecule has 0 fully saturated rings. The van der Waals surface area contributed by atoms with Gasteiger partial charge in [0.15, 0.2) is 0 Å². The molecule has 1 aromatic heterocycles. The largest absolute Gasteiger partial charge is 0.507 e. The summed E-state index contributed by atoms with van der Waals surface area (Å²) in [5.41, 5.74) is 2.92. The van der Waals surface area contributed by atoms with Crippen molar-refractivity contribution in [3.8, 4) is 5.75 Å². The van der Waals surface area contributed by atoms with Gasteiger partial charge in [0.2, 0.25) is 0 Å². The molecule has 22 heavy (non-hydrogen) atoms. The molecule has 2 aromatic rings. The second-order valence-corrected chi connectivity index (χ2v) is 4.33. The van der Waals surface area contributed by atoms with Crippen molar-refractivity contribution in [1.29, 1.82) is 0 Å². The Morgan fingerprint density at radius 3 is 2.64 bits per heavy atom. The molecule has 0 aliphatic rings. The summed E-state index contributed by atoms with van der Waals surface area (Å²) in [6, 6.07) is 6.61. The number of benzene rings is 1. The highest BCUT2D eigenvalue weighted by molar-refractivity contribution is 6.03. The number of nitrogens with one attached hydrogen (secondary N) is 1. The molecule has 0 saturated heterocycles. The normalized spacial score (nSPS) is 11.0. The van der Waals surface area contributed by atoms with E-state index in [1.54, 1.807) is 0 Å². The Morgan fingerprint density at radius 2 is 2.00 bits per heavy atom. The number of non-ortho nitro benzene ring substituents is 1. The molecule has 2 rings (SSSR count). The molecule has 8 heteroatoms. The van der Waals surface area contributed by atoms with E-state index in [9.17, 15) is 20.0 Å². The van der Waals surface area contributed by atoms with Gasteiger partial charge in [-0.15, -0.1) is 0 Å². The average molecular weight is 300 g/mol. The van der Waals surface area contributed by atoms with E-state index in [4.69, 9.17) is 0 Å². The summed E-state index contributed by atoms with van der Waals surface area (Å²) in [5.74, 6) is -0.614. The maximum Gasteiger partial charge on any atom is 0.271 e. The minimum absolute atomic E-state index is 0.162. The number of hydrogen-bond acceptors (Lipinski definition) is 6. The van der Waals surface area contributed by atoms with Gasteiger partial charge in [0.1, 0.15) is 5.75 Å². The number of nitro benzene ring substituents is 1. The zero-order chi connectivity index (χ0) is 16.1. The lowest BCUT2D eigenvalue weighted by Crippen LogP contribution is -2.19. The van der Waals surface area contributed by atoms with Gasteiger partial charge in [-0.2, -0.15) is 5.10 Å². The van der Waals surface area contributed by atoms with Gasteiger partial charge >= 0.3 is 0 Å². The van der Waals surface area contributed by atoms with Crippen LogP contribution < -0.4 is 5.43 Å². The van der Waals surface area contributed by atoms with Crippen molar-refractivity contribution >= 4 is 17.3 Å². The predicted molar refractivity (Wildman–Crippen MR) is 78.7 cm³/mol. The van der Waals surface area contributed by atoms with E-state index >= 15 is 0 Å². The third-order valence-electron chi connectivity index (χ3n) is 2.85. The first kappa shape index (κ1) is 15.1. The number of pyridine rings is 1. The number of nitro groups is 1. The fourth-order valence-corrected chi connectivity index (χ4v) is 1.69. The maximum absolute atomic E-state index is 11.8. The fraction of sp³-hybridized carbons (Fsp3) is 0.0714. The molecule has 0 spiro atoms. The van der Waals surface area contributed by atoms with Crippen molar-refractivity contribution in [2.24, 2.45) is 5.10 Å². The second kappa shape index (κ2) is 6.44. The molecule has 0 aliphatic carbocycles. The summed E-state index contributed by atoms with van der Waals surface area (Å²) in [6.07, 6.45) is 2.94. The lowest BCUT2D eigenvalue weighted by atomic mass is 10.1. The van der Waals surface area contributed by atoms with E-state index in [1.807, 2.05) is 0 Å². The standard InChI is InChI=1S/C14H12N4O4/c1-9(12-8-11(18(21)22)2-3-13(12)19)16-17-14(20)10-4-6-15-7-5-10/h2-8,19H,1H3,(H,17,20). The van der Waals surface area contributed by atoms with E-state index in [0.29, 0.717) is 5.56 Å². The predicted octanol–water partition coefficient (Wildman–Crippen LogP) is 1.85. The van der Waals surface area contributed by atoms with Crippen LogP contribution in [0.2, 0.25) is 0 Å². The van der Waals surface area contributed by atoms with Crippen LogP contribution in [0.15, 0.2) is 47.8 Å². The number of aromatic hydroxyl groups is 1. The minimum atomic E-state index is -0.578. The minimum Gasteiger partial charge on any atom is -0.507 e. The van der Waals surface area contributed by atoms with Crippen molar-refractivity contribution in [1.82, 2.24) is 10.4 Å². The molecule has 0 bridgehead atoms. The van der Waals surface area contributed by atoms with Crippen molar-refractivity contribution in [3.63, 3.8) is 0 Å². The molecule has 0 atom stereocenters. The number of hydrazone groups is 1. The highest BCUT2D eigenvalue weighted by Crippen LogP contribution is 2.23. The van der Waals surface area contributed by atoms with Crippen LogP contribution in [-0.2, 0) is 0 Å². The summed E-state index contributed by atoms with van der Waals surface area (Å²) in [5, 5.41) is 24.3. The monoisotopic (exact) mass is 300 g/mol. The van der Waals surface area contributed by atoms with E-state index in [-0.39, 0.29) is 22.7 Å². The fourth-order valence-electron chi connectivity index (χ4n) is 1.69. The van der Waals surface area contributed by atoms with Crippen LogP contribution >= 0.6 is 0 Å². The van der Waals surface area contributed by atoms with Crippen LogP contribution in [-0.4, -0.2) is 26.6 Å².